The molecule has 15 heteroatoms. The number of H-pyrrole nitrogens is 1. The molecule has 5 aliphatic heterocycles. The quantitative estimate of drug-likeness (QED) is 0.0934. The van der Waals surface area contributed by atoms with Crippen molar-refractivity contribution in [1.29, 1.82) is 0 Å². The predicted octanol–water partition coefficient (Wildman–Crippen LogP) is 2.64. The smallest absolute Gasteiger partial charge is 0.322 e. The first-order valence-electron chi connectivity index (χ1n) is 23.2. The Balaban J connectivity index is 1.25. The molecule has 1 spiro atoms. The molecule has 346 valence electrons. The van der Waals surface area contributed by atoms with Crippen molar-refractivity contribution in [2.24, 2.45) is 17.1 Å². The van der Waals surface area contributed by atoms with E-state index in [1.807, 2.05) is 62.2 Å². The number of para-hydroxylation sites is 1. The Bertz CT molecular complexity index is 2370. The summed E-state index contributed by atoms with van der Waals surface area (Å²) >= 11 is 0. The summed E-state index contributed by atoms with van der Waals surface area (Å²) in [5.41, 5.74) is 3.88. The molecule has 7 N–H and O–H groups in total. The zero-order valence-electron chi connectivity index (χ0n) is 38.1. The van der Waals surface area contributed by atoms with E-state index in [1.165, 1.54) is 7.11 Å². The Labute approximate surface area is 375 Å². The second-order valence-electron chi connectivity index (χ2n) is 19.7. The monoisotopic (exact) mass is 882 g/mol. The summed E-state index contributed by atoms with van der Waals surface area (Å²) in [6, 6.07) is 10.1. The van der Waals surface area contributed by atoms with Crippen LogP contribution in [-0.4, -0.2) is 151 Å². The molecule has 15 nitrogen and oxygen atoms in total. The van der Waals surface area contributed by atoms with Gasteiger partial charge in [-0.2, -0.15) is 0 Å². The maximum Gasteiger partial charge on any atom is 0.322 e. The van der Waals surface area contributed by atoms with E-state index in [2.05, 4.69) is 32.2 Å². The average molecular weight is 883 g/mol. The minimum Gasteiger partial charge on any atom is -0.496 e. The van der Waals surface area contributed by atoms with E-state index < -0.39 is 63.5 Å². The van der Waals surface area contributed by atoms with Gasteiger partial charge in [0.25, 0.3) is 5.91 Å². The van der Waals surface area contributed by atoms with Crippen LogP contribution in [0.5, 0.6) is 5.75 Å². The summed E-state index contributed by atoms with van der Waals surface area (Å²) in [7, 11) is 4.89. The topological polar surface area (TPSA) is 203 Å². The van der Waals surface area contributed by atoms with Gasteiger partial charge in [0.15, 0.2) is 5.60 Å². The van der Waals surface area contributed by atoms with Crippen molar-refractivity contribution in [3.63, 3.8) is 0 Å². The Morgan fingerprint density at radius 3 is 2.55 bits per heavy atom. The molecule has 3 aromatic rings. The van der Waals surface area contributed by atoms with Crippen LogP contribution in [0.1, 0.15) is 81.7 Å². The number of carbonyl (C=O) groups excluding carboxylic acids is 3. The number of carbonyl (C=O) groups is 3. The minimum atomic E-state index is -2.33. The van der Waals surface area contributed by atoms with E-state index in [1.54, 1.807) is 14.0 Å². The van der Waals surface area contributed by atoms with Gasteiger partial charge in [-0.05, 0) is 87.6 Å². The lowest BCUT2D eigenvalue weighted by Crippen LogP contribution is -2.81. The SMILES string of the molecule is CCC1(O)CC2C[N@](CCc3c([nH]c4ccccc34)[C@@](C(=O)OC)(c3cc4c(cc3OC)N(C)C3C45CCN4CC=C[C@](CC)(C45)C(O)[C@]3(O)C(=O)NCCCOC(=O)C(C)N)C2)C1. The third-order valence-corrected chi connectivity index (χ3v) is 16.4. The number of aliphatic hydroxyl groups excluding tert-OH is 1. The zero-order valence-corrected chi connectivity index (χ0v) is 38.1. The Morgan fingerprint density at radius 2 is 1.83 bits per heavy atom. The normalized spacial score (nSPS) is 35.5. The summed E-state index contributed by atoms with van der Waals surface area (Å²) < 4.78 is 17.6. The van der Waals surface area contributed by atoms with E-state index in [9.17, 15) is 24.9 Å². The summed E-state index contributed by atoms with van der Waals surface area (Å²) in [5.74, 6) is -1.37. The van der Waals surface area contributed by atoms with Crippen LogP contribution < -0.4 is 20.7 Å². The number of aliphatic hydroxyl groups is 3. The molecule has 11 atom stereocenters. The molecular formula is C49H66N6O9. The summed E-state index contributed by atoms with van der Waals surface area (Å²) in [6.07, 6.45) is 5.87. The summed E-state index contributed by atoms with van der Waals surface area (Å²) in [4.78, 5) is 52.7. The Hall–Kier alpha value is -4.51. The molecular weight excluding hydrogens is 817 g/mol. The second kappa shape index (κ2) is 16.1. The average Bonchev–Trinajstić information content (AvgIpc) is 3.95. The van der Waals surface area contributed by atoms with Crippen LogP contribution in [0.15, 0.2) is 48.6 Å². The fourth-order valence-electron chi connectivity index (χ4n) is 13.8. The van der Waals surface area contributed by atoms with E-state index >= 15 is 4.79 Å². The van der Waals surface area contributed by atoms with Gasteiger partial charge in [-0.1, -0.05) is 44.2 Å². The second-order valence-corrected chi connectivity index (χ2v) is 19.7. The van der Waals surface area contributed by atoms with Crippen LogP contribution in [0, 0.1) is 11.3 Å². The number of amides is 1. The largest absolute Gasteiger partial charge is 0.496 e. The fourth-order valence-corrected chi connectivity index (χ4v) is 13.8. The van der Waals surface area contributed by atoms with Crippen molar-refractivity contribution in [3.05, 3.63) is 70.9 Å². The first kappa shape index (κ1) is 44.7. The Morgan fingerprint density at radius 1 is 1.05 bits per heavy atom. The number of aromatic nitrogens is 1. The van der Waals surface area contributed by atoms with Crippen LogP contribution >= 0.6 is 0 Å². The molecule has 2 saturated heterocycles. The number of piperidine rings is 1. The van der Waals surface area contributed by atoms with Crippen LogP contribution in [-0.2, 0) is 41.1 Å². The molecule has 1 aliphatic carbocycles. The molecule has 64 heavy (non-hydrogen) atoms. The predicted molar refractivity (Wildman–Crippen MR) is 241 cm³/mol. The van der Waals surface area contributed by atoms with Gasteiger partial charge >= 0.3 is 11.9 Å². The highest BCUT2D eigenvalue weighted by molar-refractivity contribution is 5.95. The van der Waals surface area contributed by atoms with Crippen molar-refractivity contribution in [2.75, 3.05) is 72.0 Å². The number of nitrogens with two attached hydrogens (primary N) is 1. The number of nitrogens with one attached hydrogen (secondary N) is 2. The van der Waals surface area contributed by atoms with Gasteiger partial charge in [-0.15, -0.1) is 0 Å². The molecule has 6 aliphatic rings. The molecule has 2 bridgehead atoms. The first-order chi connectivity index (χ1) is 30.6. The fraction of sp³-hybridized carbons (Fsp3) is 0.612. The first-order valence-corrected chi connectivity index (χ1v) is 23.2. The number of benzene rings is 2. The third kappa shape index (κ3) is 6.24. The van der Waals surface area contributed by atoms with Gasteiger partial charge in [0.2, 0.25) is 0 Å². The van der Waals surface area contributed by atoms with Crippen LogP contribution in [0.2, 0.25) is 0 Å². The van der Waals surface area contributed by atoms with E-state index in [-0.39, 0.29) is 31.5 Å². The van der Waals surface area contributed by atoms with E-state index in [0.29, 0.717) is 82.6 Å². The molecule has 1 saturated carbocycles. The lowest BCUT2D eigenvalue weighted by molar-refractivity contribution is -0.203. The number of nitrogens with zero attached hydrogens (tertiary/aromatic N) is 3. The standard InChI is InChI=1S/C49H66N6O9/c1-7-45(60)25-30-26-48(44(59)63-6,38-32(15-20-54(27-30)28-45)31-13-9-10-14-35(31)52-38)34-23-33-36(24-37(34)62-5)53(4)41-47(33)17-21-55-19-11-16-46(8-2,40(47)55)42(57)49(41,61)43(58)51-18-12-22-64-39(56)29(3)50/h9-11,13-14,16,23-24,29-30,40-42,52,57,60-61H,7-8,12,15,17-22,25-28,50H2,1-6H3,(H,51,58)/t29?,30?,40?,41?,42?,45?,46-,47?,48+,49+/m1/s1. The molecule has 6 heterocycles. The van der Waals surface area contributed by atoms with Gasteiger partial charge in [0.1, 0.15) is 23.3 Å². The number of hydrogen-bond acceptors (Lipinski definition) is 13. The van der Waals surface area contributed by atoms with Gasteiger partial charge in [-0.3, -0.25) is 24.2 Å². The minimum absolute atomic E-state index is 0.0260. The highest BCUT2D eigenvalue weighted by Gasteiger charge is 2.78. The van der Waals surface area contributed by atoms with E-state index in [0.717, 1.165) is 33.4 Å². The highest BCUT2D eigenvalue weighted by Crippen LogP contribution is 2.67. The van der Waals surface area contributed by atoms with Crippen molar-refractivity contribution >= 4 is 34.4 Å². The van der Waals surface area contributed by atoms with Gasteiger partial charge < -0.3 is 50.5 Å². The number of rotatable bonds is 11. The number of methoxy groups -OCH3 is 2. The molecule has 9 rings (SSSR count). The number of esters is 2. The molecule has 1 aromatic heterocycles. The molecule has 2 aromatic carbocycles. The molecule has 3 fully saturated rings. The number of fused-ring (bicyclic) bond motifs is 6. The zero-order chi connectivity index (χ0) is 45.6. The molecule has 1 amide bonds. The van der Waals surface area contributed by atoms with Crippen molar-refractivity contribution in [2.45, 2.75) is 112 Å². The maximum absolute atomic E-state index is 15.4. The molecule has 7 unspecified atom stereocenters. The lowest BCUT2D eigenvalue weighted by Gasteiger charge is -2.63. The van der Waals surface area contributed by atoms with Crippen molar-refractivity contribution < 1.29 is 43.9 Å². The number of anilines is 1. The number of likely N-dealkylation sites (N-methyl/N-ethyl adjacent to an activating group) is 1. The summed E-state index contributed by atoms with van der Waals surface area (Å²) in [6.45, 7) is 8.91. The van der Waals surface area contributed by atoms with Gasteiger partial charge in [0, 0.05) is 90.6 Å². The summed E-state index contributed by atoms with van der Waals surface area (Å²) in [5, 5.41) is 42.1. The van der Waals surface area contributed by atoms with Gasteiger partial charge in [0.05, 0.1) is 32.5 Å². The van der Waals surface area contributed by atoms with Crippen molar-refractivity contribution in [1.82, 2.24) is 20.1 Å². The van der Waals surface area contributed by atoms with Crippen LogP contribution in [0.25, 0.3) is 10.9 Å². The lowest BCUT2D eigenvalue weighted by atomic mass is 9.47. The van der Waals surface area contributed by atoms with Crippen molar-refractivity contribution in [3.8, 4) is 5.75 Å². The molecule has 0 radical (unpaired) electrons. The third-order valence-electron chi connectivity index (χ3n) is 16.4. The van der Waals surface area contributed by atoms with E-state index in [4.69, 9.17) is 19.9 Å². The highest BCUT2D eigenvalue weighted by atomic mass is 16.5. The Kier molecular flexibility index (Phi) is 11.3. The maximum atomic E-state index is 15.4. The van der Waals surface area contributed by atoms with Crippen LogP contribution in [0.3, 0.4) is 0 Å². The number of aromatic amines is 1. The van der Waals surface area contributed by atoms with Crippen LogP contribution in [0.4, 0.5) is 5.69 Å². The van der Waals surface area contributed by atoms with Gasteiger partial charge in [-0.25, -0.2) is 0 Å². The number of hydrogen-bond donors (Lipinski definition) is 6. The number of ether oxygens (including phenoxy) is 3.